The standard InChI is InChI=1S/C25H20Cl2FN5O3/c1-14(34)12-30-25(36)22-11-23(33(32-22)16-5-3-2-4-6-16)31-24(35)18-9-17(19(26)10-20(18)27)21-8-7-15(28)13-29-21/h2-11,13-14,34H,12H2,1H3,(H,30,36)(H,31,35)/t14-/m0/s1. The zero-order chi connectivity index (χ0) is 25.8. The fourth-order valence-corrected chi connectivity index (χ4v) is 3.88. The van der Waals surface area contributed by atoms with Crippen molar-refractivity contribution in [3.05, 3.63) is 94.0 Å². The molecule has 0 radical (unpaired) electrons. The van der Waals surface area contributed by atoms with Crippen LogP contribution in [0.1, 0.15) is 27.8 Å². The molecule has 184 valence electrons. The van der Waals surface area contributed by atoms with E-state index in [2.05, 4.69) is 20.7 Å². The van der Waals surface area contributed by atoms with E-state index in [1.54, 1.807) is 31.2 Å². The van der Waals surface area contributed by atoms with E-state index in [1.807, 2.05) is 6.07 Å². The highest BCUT2D eigenvalue weighted by Gasteiger charge is 2.21. The number of carbonyl (C=O) groups excluding carboxylic acids is 2. The Balaban J connectivity index is 1.69. The predicted octanol–water partition coefficient (Wildman–Crippen LogP) is 4.74. The van der Waals surface area contributed by atoms with E-state index in [-0.39, 0.29) is 33.7 Å². The number of anilines is 1. The maximum Gasteiger partial charge on any atom is 0.271 e. The molecule has 8 nitrogen and oxygen atoms in total. The van der Waals surface area contributed by atoms with E-state index < -0.39 is 23.7 Å². The molecular weight excluding hydrogens is 508 g/mol. The Labute approximate surface area is 215 Å². The van der Waals surface area contributed by atoms with Crippen LogP contribution in [0.25, 0.3) is 16.9 Å². The van der Waals surface area contributed by atoms with Crippen molar-refractivity contribution < 1.29 is 19.1 Å². The first kappa shape index (κ1) is 25.3. The van der Waals surface area contributed by atoms with E-state index in [9.17, 15) is 19.1 Å². The van der Waals surface area contributed by atoms with Crippen LogP contribution in [0.15, 0.2) is 66.9 Å². The molecule has 4 aromatic rings. The SMILES string of the molecule is C[C@H](O)CNC(=O)c1cc(NC(=O)c2cc(-c3ccc(F)cn3)c(Cl)cc2Cl)n(-c2ccccc2)n1. The lowest BCUT2D eigenvalue weighted by Gasteiger charge is -2.12. The first-order valence-corrected chi connectivity index (χ1v) is 11.5. The lowest BCUT2D eigenvalue weighted by molar-refractivity contribution is 0.0918. The lowest BCUT2D eigenvalue weighted by Crippen LogP contribution is -2.30. The maximum absolute atomic E-state index is 13.3. The molecule has 0 aliphatic carbocycles. The third-order valence-corrected chi connectivity index (χ3v) is 5.67. The molecular formula is C25H20Cl2FN5O3. The topological polar surface area (TPSA) is 109 Å². The normalized spacial score (nSPS) is 11.7. The molecule has 2 aromatic carbocycles. The number of hydrogen-bond acceptors (Lipinski definition) is 5. The van der Waals surface area contributed by atoms with E-state index >= 15 is 0 Å². The van der Waals surface area contributed by atoms with Gasteiger partial charge in [-0.15, -0.1) is 0 Å². The van der Waals surface area contributed by atoms with Crippen LogP contribution in [0.3, 0.4) is 0 Å². The third-order valence-electron chi connectivity index (χ3n) is 5.05. The van der Waals surface area contributed by atoms with Crippen molar-refractivity contribution in [1.82, 2.24) is 20.1 Å². The highest BCUT2D eigenvalue weighted by atomic mass is 35.5. The van der Waals surface area contributed by atoms with Gasteiger partial charge >= 0.3 is 0 Å². The van der Waals surface area contributed by atoms with Gasteiger partial charge < -0.3 is 15.7 Å². The van der Waals surface area contributed by atoms with Crippen molar-refractivity contribution >= 4 is 40.8 Å². The zero-order valence-electron chi connectivity index (χ0n) is 18.9. The van der Waals surface area contributed by atoms with Crippen molar-refractivity contribution in [3.8, 4) is 16.9 Å². The molecule has 0 fully saturated rings. The summed E-state index contributed by atoms with van der Waals surface area (Å²) in [6, 6.07) is 15.9. The summed E-state index contributed by atoms with van der Waals surface area (Å²) in [6.07, 6.45) is 0.309. The average molecular weight is 528 g/mol. The minimum atomic E-state index is -0.735. The smallest absolute Gasteiger partial charge is 0.271 e. The van der Waals surface area contributed by atoms with Crippen molar-refractivity contribution in [3.63, 3.8) is 0 Å². The number of amides is 2. The summed E-state index contributed by atoms with van der Waals surface area (Å²) >= 11 is 12.6. The first-order valence-electron chi connectivity index (χ1n) is 10.8. The second kappa shape index (κ2) is 10.9. The van der Waals surface area contributed by atoms with Crippen LogP contribution in [0.2, 0.25) is 10.0 Å². The van der Waals surface area contributed by atoms with Crippen LogP contribution in [0.4, 0.5) is 10.2 Å². The molecule has 4 rings (SSSR count). The number of nitrogens with one attached hydrogen (secondary N) is 2. The third kappa shape index (κ3) is 5.71. The van der Waals surface area contributed by atoms with Gasteiger partial charge in [0, 0.05) is 18.2 Å². The Hall–Kier alpha value is -3.79. The number of aliphatic hydroxyl groups excluding tert-OH is 1. The minimum Gasteiger partial charge on any atom is -0.392 e. The van der Waals surface area contributed by atoms with Crippen LogP contribution in [0, 0.1) is 5.82 Å². The summed E-state index contributed by atoms with van der Waals surface area (Å²) in [4.78, 5) is 29.8. The Morgan fingerprint density at radius 2 is 1.81 bits per heavy atom. The Bertz CT molecular complexity index is 1410. The van der Waals surface area contributed by atoms with Crippen molar-refractivity contribution in [2.75, 3.05) is 11.9 Å². The van der Waals surface area contributed by atoms with Crippen LogP contribution >= 0.6 is 23.2 Å². The first-order chi connectivity index (χ1) is 17.2. The number of aliphatic hydroxyl groups is 1. The summed E-state index contributed by atoms with van der Waals surface area (Å²) in [5.74, 6) is -1.41. The number of carbonyl (C=O) groups is 2. The second-order valence-electron chi connectivity index (χ2n) is 7.85. The monoisotopic (exact) mass is 527 g/mol. The molecule has 0 unspecified atom stereocenters. The number of aromatic nitrogens is 3. The van der Waals surface area contributed by atoms with Gasteiger partial charge in [-0.05, 0) is 43.3 Å². The number of nitrogens with zero attached hydrogens (tertiary/aromatic N) is 3. The molecule has 1 atom stereocenters. The molecule has 3 N–H and O–H groups in total. The van der Waals surface area contributed by atoms with Gasteiger partial charge in [0.1, 0.15) is 11.6 Å². The van der Waals surface area contributed by atoms with Crippen LogP contribution in [-0.4, -0.2) is 44.3 Å². The highest BCUT2D eigenvalue weighted by molar-refractivity contribution is 6.38. The molecule has 0 saturated heterocycles. The summed E-state index contributed by atoms with van der Waals surface area (Å²) in [7, 11) is 0. The van der Waals surface area contributed by atoms with Gasteiger partial charge in [-0.3, -0.25) is 14.6 Å². The zero-order valence-corrected chi connectivity index (χ0v) is 20.4. The molecule has 0 saturated carbocycles. The Morgan fingerprint density at radius 1 is 1.06 bits per heavy atom. The van der Waals surface area contributed by atoms with E-state index in [0.717, 1.165) is 6.20 Å². The number of halogens is 3. The number of benzene rings is 2. The molecule has 2 heterocycles. The fourth-order valence-electron chi connectivity index (χ4n) is 3.32. The Morgan fingerprint density at radius 3 is 2.47 bits per heavy atom. The van der Waals surface area contributed by atoms with Gasteiger partial charge in [0.05, 0.1) is 39.3 Å². The van der Waals surface area contributed by atoms with Crippen molar-refractivity contribution in [2.45, 2.75) is 13.0 Å². The Kier molecular flexibility index (Phi) is 7.64. The molecule has 2 aromatic heterocycles. The van der Waals surface area contributed by atoms with Gasteiger partial charge in [0.25, 0.3) is 11.8 Å². The average Bonchev–Trinajstić information content (AvgIpc) is 3.27. The number of rotatable bonds is 7. The number of para-hydroxylation sites is 1. The van der Waals surface area contributed by atoms with Gasteiger partial charge in [0.2, 0.25) is 0 Å². The summed E-state index contributed by atoms with van der Waals surface area (Å²) < 4.78 is 14.7. The molecule has 0 aliphatic heterocycles. The van der Waals surface area contributed by atoms with Gasteiger partial charge in [-0.1, -0.05) is 41.4 Å². The molecule has 0 aliphatic rings. The van der Waals surface area contributed by atoms with Crippen molar-refractivity contribution in [2.24, 2.45) is 0 Å². The molecule has 36 heavy (non-hydrogen) atoms. The lowest BCUT2D eigenvalue weighted by atomic mass is 10.1. The summed E-state index contributed by atoms with van der Waals surface area (Å²) in [5, 5.41) is 19.4. The van der Waals surface area contributed by atoms with Crippen LogP contribution in [0.5, 0.6) is 0 Å². The van der Waals surface area contributed by atoms with Gasteiger partial charge in [0.15, 0.2) is 5.69 Å². The maximum atomic E-state index is 13.3. The molecule has 11 heteroatoms. The van der Waals surface area contributed by atoms with Crippen LogP contribution < -0.4 is 10.6 Å². The quantitative estimate of drug-likeness (QED) is 0.321. The summed E-state index contributed by atoms with van der Waals surface area (Å²) in [6.45, 7) is 1.58. The molecule has 0 spiro atoms. The van der Waals surface area contributed by atoms with Gasteiger partial charge in [-0.2, -0.15) is 5.10 Å². The van der Waals surface area contributed by atoms with Gasteiger partial charge in [-0.25, -0.2) is 9.07 Å². The summed E-state index contributed by atoms with van der Waals surface area (Å²) in [5.41, 5.74) is 1.47. The molecule has 0 bridgehead atoms. The predicted molar refractivity (Wildman–Crippen MR) is 135 cm³/mol. The second-order valence-corrected chi connectivity index (χ2v) is 8.66. The molecule has 2 amide bonds. The largest absolute Gasteiger partial charge is 0.392 e. The number of pyridine rings is 1. The van der Waals surface area contributed by atoms with E-state index in [1.165, 1.54) is 35.0 Å². The minimum absolute atomic E-state index is 0.0354. The van der Waals surface area contributed by atoms with E-state index in [4.69, 9.17) is 23.2 Å². The highest BCUT2D eigenvalue weighted by Crippen LogP contribution is 2.32. The van der Waals surface area contributed by atoms with Crippen LogP contribution in [-0.2, 0) is 0 Å². The van der Waals surface area contributed by atoms with Crippen molar-refractivity contribution in [1.29, 1.82) is 0 Å². The number of hydrogen-bond donors (Lipinski definition) is 3. The fraction of sp³-hybridized carbons (Fsp3) is 0.120. The van der Waals surface area contributed by atoms with E-state index in [0.29, 0.717) is 16.9 Å².